The van der Waals surface area contributed by atoms with Crippen LogP contribution < -0.4 is 10.2 Å². The Balaban J connectivity index is 0.00000144. The summed E-state index contributed by atoms with van der Waals surface area (Å²) in [6.45, 7) is 3.60. The van der Waals surface area contributed by atoms with Crippen molar-refractivity contribution in [3.05, 3.63) is 29.8 Å². The molecule has 1 radical (unpaired) electrons. The van der Waals surface area contributed by atoms with Crippen molar-refractivity contribution in [3.63, 3.8) is 0 Å². The molecule has 13 heavy (non-hydrogen) atoms. The first-order chi connectivity index (χ1) is 5.56. The number of aryl methyl sites for hydroxylation is 1. The summed E-state index contributed by atoms with van der Waals surface area (Å²) in [5, 5.41) is 0.440. The van der Waals surface area contributed by atoms with E-state index < -0.39 is 7.37 Å². The molecule has 1 atom stereocenters. The Bertz CT molecular complexity index is 308. The standard InChI is InChI=1S/C9H13O2P.Fe/c1-3-12(10,11)9-6-4-8(2)5-7-9;/h4-7H,3H2,1-2H3,(H,10,11);/q;+3/p-1. The minimum absolute atomic E-state index is 0. The summed E-state index contributed by atoms with van der Waals surface area (Å²) in [7, 11) is -3.30. The number of rotatable bonds is 2. The molecule has 4 heteroatoms. The van der Waals surface area contributed by atoms with Gasteiger partial charge in [-0.1, -0.05) is 36.8 Å². The summed E-state index contributed by atoms with van der Waals surface area (Å²) in [5.74, 6) is 0. The van der Waals surface area contributed by atoms with Crippen LogP contribution in [0.25, 0.3) is 0 Å². The molecule has 0 N–H and O–H groups in total. The zero-order valence-corrected chi connectivity index (χ0v) is 9.63. The van der Waals surface area contributed by atoms with Crippen LogP contribution in [0.5, 0.6) is 0 Å². The minimum Gasteiger partial charge on any atom is -0.796 e. The SMILES string of the molecule is CCP(=O)([O-])c1ccc(C)cc1.[Fe+3]. The third kappa shape index (κ3) is 3.28. The molecule has 0 spiro atoms. The second kappa shape index (κ2) is 4.97. The molecule has 1 aromatic carbocycles. The topological polar surface area (TPSA) is 40.1 Å². The Kier molecular flexibility index (Phi) is 4.95. The minimum atomic E-state index is -3.30. The first-order valence-electron chi connectivity index (χ1n) is 3.93. The van der Waals surface area contributed by atoms with Crippen molar-refractivity contribution in [3.8, 4) is 0 Å². The fraction of sp³-hybridized carbons (Fsp3) is 0.333. The van der Waals surface area contributed by atoms with Gasteiger partial charge < -0.3 is 9.46 Å². The molecule has 2 nitrogen and oxygen atoms in total. The molecule has 0 saturated carbocycles. The van der Waals surface area contributed by atoms with E-state index in [0.717, 1.165) is 5.56 Å². The van der Waals surface area contributed by atoms with Gasteiger partial charge in [-0.2, -0.15) is 0 Å². The molecule has 0 bridgehead atoms. The van der Waals surface area contributed by atoms with E-state index in [2.05, 4.69) is 0 Å². The summed E-state index contributed by atoms with van der Waals surface area (Å²) in [6, 6.07) is 6.95. The van der Waals surface area contributed by atoms with Gasteiger partial charge in [0.15, 0.2) is 0 Å². The Morgan fingerprint density at radius 3 is 2.15 bits per heavy atom. The molecule has 1 aromatic rings. The van der Waals surface area contributed by atoms with Crippen molar-refractivity contribution < 1.29 is 26.5 Å². The summed E-state index contributed by atoms with van der Waals surface area (Å²) < 4.78 is 11.3. The van der Waals surface area contributed by atoms with Crippen molar-refractivity contribution >= 4 is 12.7 Å². The van der Waals surface area contributed by atoms with E-state index in [1.54, 1.807) is 19.1 Å². The van der Waals surface area contributed by atoms with Gasteiger partial charge in [0.05, 0.1) is 0 Å². The quantitative estimate of drug-likeness (QED) is 0.576. The molecular formula is C9H12FeO2P+2. The first kappa shape index (κ1) is 12.9. The van der Waals surface area contributed by atoms with Gasteiger partial charge in [-0.3, -0.25) is 0 Å². The van der Waals surface area contributed by atoms with Gasteiger partial charge in [-0.25, -0.2) is 0 Å². The van der Waals surface area contributed by atoms with Crippen molar-refractivity contribution in [1.82, 2.24) is 0 Å². The maximum atomic E-state index is 11.3. The monoisotopic (exact) mass is 239 g/mol. The number of benzene rings is 1. The third-order valence-electron chi connectivity index (χ3n) is 1.84. The van der Waals surface area contributed by atoms with E-state index >= 15 is 0 Å². The van der Waals surface area contributed by atoms with Crippen LogP contribution in [0.1, 0.15) is 12.5 Å². The van der Waals surface area contributed by atoms with Crippen LogP contribution in [0, 0.1) is 6.92 Å². The summed E-state index contributed by atoms with van der Waals surface area (Å²) >= 11 is 0. The zero-order valence-electron chi connectivity index (χ0n) is 7.63. The van der Waals surface area contributed by atoms with E-state index in [1.165, 1.54) is 0 Å². The third-order valence-corrected chi connectivity index (χ3v) is 3.76. The van der Waals surface area contributed by atoms with Gasteiger partial charge in [-0.05, 0) is 18.4 Å². The molecule has 1 unspecified atom stereocenters. The van der Waals surface area contributed by atoms with Crippen molar-refractivity contribution in [2.75, 3.05) is 6.16 Å². The second-order valence-corrected chi connectivity index (χ2v) is 5.32. The molecule has 0 aliphatic carbocycles. The van der Waals surface area contributed by atoms with Crippen molar-refractivity contribution in [2.45, 2.75) is 13.8 Å². The van der Waals surface area contributed by atoms with E-state index in [1.807, 2.05) is 19.1 Å². The van der Waals surface area contributed by atoms with Crippen LogP contribution in [-0.4, -0.2) is 6.16 Å². The van der Waals surface area contributed by atoms with Crippen molar-refractivity contribution in [1.29, 1.82) is 0 Å². The van der Waals surface area contributed by atoms with Gasteiger partial charge >= 0.3 is 17.1 Å². The first-order valence-corrected chi connectivity index (χ1v) is 5.74. The average molecular weight is 239 g/mol. The molecule has 0 aliphatic rings. The van der Waals surface area contributed by atoms with Crippen molar-refractivity contribution in [2.24, 2.45) is 0 Å². The summed E-state index contributed by atoms with van der Waals surface area (Å²) in [5.41, 5.74) is 1.08. The van der Waals surface area contributed by atoms with Crippen LogP contribution in [0.15, 0.2) is 24.3 Å². The maximum Gasteiger partial charge on any atom is 3.00 e. The van der Waals surface area contributed by atoms with E-state index in [9.17, 15) is 9.46 Å². The molecule has 0 aliphatic heterocycles. The van der Waals surface area contributed by atoms with E-state index in [-0.39, 0.29) is 23.2 Å². The molecule has 0 amide bonds. The van der Waals surface area contributed by atoms with Gasteiger partial charge in [-0.15, -0.1) is 0 Å². The van der Waals surface area contributed by atoms with Crippen LogP contribution in [-0.2, 0) is 21.6 Å². The predicted octanol–water partition coefficient (Wildman–Crippen LogP) is 1.28. The van der Waals surface area contributed by atoms with Crippen LogP contribution in [0.3, 0.4) is 0 Å². The van der Waals surface area contributed by atoms with Crippen LogP contribution >= 0.6 is 7.37 Å². The number of hydrogen-bond donors (Lipinski definition) is 0. The molecular weight excluding hydrogens is 227 g/mol. The van der Waals surface area contributed by atoms with Gasteiger partial charge in [0.25, 0.3) is 0 Å². The molecule has 0 saturated heterocycles. The smallest absolute Gasteiger partial charge is 0.796 e. The van der Waals surface area contributed by atoms with Crippen LogP contribution in [0.2, 0.25) is 0 Å². The van der Waals surface area contributed by atoms with Gasteiger partial charge in [0.1, 0.15) is 0 Å². The van der Waals surface area contributed by atoms with Gasteiger partial charge in [0, 0.05) is 7.37 Å². The average Bonchev–Trinajstić information content (AvgIpc) is 2.05. The normalized spacial score (nSPS) is 14.4. The summed E-state index contributed by atoms with van der Waals surface area (Å²) in [4.78, 5) is 11.3. The second-order valence-electron chi connectivity index (χ2n) is 2.83. The fourth-order valence-corrected chi connectivity index (χ4v) is 1.92. The largest absolute Gasteiger partial charge is 3.00 e. The fourth-order valence-electron chi connectivity index (χ4n) is 0.954. The molecule has 0 heterocycles. The predicted molar refractivity (Wildman–Crippen MR) is 49.0 cm³/mol. The maximum absolute atomic E-state index is 11.3. The number of hydrogen-bond acceptors (Lipinski definition) is 2. The van der Waals surface area contributed by atoms with Crippen LogP contribution in [0.4, 0.5) is 0 Å². The molecule has 0 fully saturated rings. The van der Waals surface area contributed by atoms with E-state index in [0.29, 0.717) is 5.30 Å². The molecule has 1 rings (SSSR count). The van der Waals surface area contributed by atoms with E-state index in [4.69, 9.17) is 0 Å². The Morgan fingerprint density at radius 1 is 1.31 bits per heavy atom. The summed E-state index contributed by atoms with van der Waals surface area (Å²) in [6.07, 6.45) is 0.191. The Labute approximate surface area is 89.3 Å². The molecule has 0 aromatic heterocycles. The molecule has 71 valence electrons. The zero-order chi connectivity index (χ0) is 9.19. The Hall–Kier alpha value is -0.0705. The Morgan fingerprint density at radius 2 is 1.77 bits per heavy atom. The van der Waals surface area contributed by atoms with Gasteiger partial charge in [0.2, 0.25) is 0 Å².